The second-order valence-electron chi connectivity index (χ2n) is 8.36. The molecule has 154 valence electrons. The maximum Gasteiger partial charge on any atom is 0.333 e. The number of unbranched alkanes of at least 4 members (excludes halogenated alkanes) is 12. The van der Waals surface area contributed by atoms with Crippen LogP contribution in [0.5, 0.6) is 0 Å². The Bertz CT molecular complexity index is 348. The molecule has 0 spiro atoms. The van der Waals surface area contributed by atoms with Crippen LogP contribution in [0.2, 0.25) is 0 Å². The van der Waals surface area contributed by atoms with Crippen LogP contribution >= 0.6 is 0 Å². The van der Waals surface area contributed by atoms with E-state index in [0.29, 0.717) is 24.0 Å². The Hall–Kier alpha value is -0.790. The molecule has 0 saturated heterocycles. The molecular weight excluding hydrogens is 320 g/mol. The molecule has 2 unspecified atom stereocenters. The van der Waals surface area contributed by atoms with Gasteiger partial charge in [0.15, 0.2) is 0 Å². The Kier molecular flexibility index (Phi) is 17.1. The molecule has 0 aromatic rings. The van der Waals surface area contributed by atoms with Gasteiger partial charge in [0.2, 0.25) is 0 Å². The predicted molar refractivity (Wildman–Crippen MR) is 114 cm³/mol. The first kappa shape index (κ1) is 25.2. The summed E-state index contributed by atoms with van der Waals surface area (Å²) in [4.78, 5) is 11.4. The summed E-state index contributed by atoms with van der Waals surface area (Å²) in [6.45, 7) is 12.6. The normalized spacial score (nSPS) is 13.4. The summed E-state index contributed by atoms with van der Waals surface area (Å²) in [5.41, 5.74) is 0.487. The number of hydrogen-bond acceptors (Lipinski definition) is 2. The average Bonchev–Trinajstić information content (AvgIpc) is 2.62. The molecule has 0 rings (SSSR count). The van der Waals surface area contributed by atoms with Gasteiger partial charge in [-0.15, -0.1) is 0 Å². The Morgan fingerprint density at radius 1 is 0.769 bits per heavy atom. The number of hydrogen-bond donors (Lipinski definition) is 0. The highest BCUT2D eigenvalue weighted by molar-refractivity contribution is 5.86. The van der Waals surface area contributed by atoms with Crippen LogP contribution in [0.1, 0.15) is 118 Å². The van der Waals surface area contributed by atoms with E-state index in [1.54, 1.807) is 6.92 Å². The van der Waals surface area contributed by atoms with Crippen LogP contribution in [0.25, 0.3) is 0 Å². The molecule has 0 radical (unpaired) electrons. The van der Waals surface area contributed by atoms with Crippen molar-refractivity contribution < 1.29 is 9.53 Å². The largest absolute Gasteiger partial charge is 0.462 e. The quantitative estimate of drug-likeness (QED) is 0.140. The summed E-state index contributed by atoms with van der Waals surface area (Å²) >= 11 is 0. The summed E-state index contributed by atoms with van der Waals surface area (Å²) in [6, 6.07) is 0. The third-order valence-corrected chi connectivity index (χ3v) is 5.56. The van der Waals surface area contributed by atoms with Crippen LogP contribution in [-0.2, 0) is 9.53 Å². The summed E-state index contributed by atoms with van der Waals surface area (Å²) in [7, 11) is 0. The zero-order valence-electron chi connectivity index (χ0n) is 18.3. The molecule has 0 N–H and O–H groups in total. The van der Waals surface area contributed by atoms with E-state index < -0.39 is 0 Å². The summed E-state index contributed by atoms with van der Waals surface area (Å²) in [5.74, 6) is 0.779. The molecule has 26 heavy (non-hydrogen) atoms. The molecule has 0 fully saturated rings. The topological polar surface area (TPSA) is 26.3 Å². The molecule has 0 amide bonds. The van der Waals surface area contributed by atoms with Crippen molar-refractivity contribution in [2.24, 2.45) is 11.8 Å². The van der Waals surface area contributed by atoms with Crippen LogP contribution in [0.15, 0.2) is 12.2 Å². The average molecular weight is 367 g/mol. The highest BCUT2D eigenvalue weighted by atomic mass is 16.5. The minimum Gasteiger partial charge on any atom is -0.462 e. The maximum absolute atomic E-state index is 11.4. The summed E-state index contributed by atoms with van der Waals surface area (Å²) in [5, 5.41) is 0. The minimum atomic E-state index is -0.259. The van der Waals surface area contributed by atoms with Crippen molar-refractivity contribution in [3.63, 3.8) is 0 Å². The fraction of sp³-hybridized carbons (Fsp3) is 0.875. The van der Waals surface area contributed by atoms with Crippen molar-refractivity contribution in [3.05, 3.63) is 12.2 Å². The smallest absolute Gasteiger partial charge is 0.333 e. The molecule has 0 aromatic heterocycles. The van der Waals surface area contributed by atoms with Gasteiger partial charge in [-0.05, 0) is 18.8 Å². The van der Waals surface area contributed by atoms with Crippen LogP contribution in [0.3, 0.4) is 0 Å². The first-order valence-electron chi connectivity index (χ1n) is 11.3. The lowest BCUT2D eigenvalue weighted by Gasteiger charge is -2.19. The number of carbonyl (C=O) groups excluding carboxylic acids is 1. The third kappa shape index (κ3) is 15.5. The van der Waals surface area contributed by atoms with Gasteiger partial charge in [0.25, 0.3) is 0 Å². The van der Waals surface area contributed by atoms with Gasteiger partial charge in [0.1, 0.15) is 0 Å². The fourth-order valence-corrected chi connectivity index (χ4v) is 3.26. The molecule has 0 aliphatic carbocycles. The highest BCUT2D eigenvalue weighted by Crippen LogP contribution is 2.20. The molecule has 0 aliphatic rings. The zero-order chi connectivity index (χ0) is 19.6. The number of esters is 1. The van der Waals surface area contributed by atoms with Crippen LogP contribution in [0.4, 0.5) is 0 Å². The van der Waals surface area contributed by atoms with Gasteiger partial charge in [-0.25, -0.2) is 4.79 Å². The first-order chi connectivity index (χ1) is 12.5. The highest BCUT2D eigenvalue weighted by Gasteiger charge is 2.14. The molecule has 2 nitrogen and oxygen atoms in total. The minimum absolute atomic E-state index is 0.259. The van der Waals surface area contributed by atoms with E-state index in [4.69, 9.17) is 4.74 Å². The van der Waals surface area contributed by atoms with Crippen molar-refractivity contribution in [3.8, 4) is 0 Å². The fourth-order valence-electron chi connectivity index (χ4n) is 3.26. The summed E-state index contributed by atoms with van der Waals surface area (Å²) in [6.07, 6.45) is 19.5. The Labute approximate surface area is 164 Å². The van der Waals surface area contributed by atoms with Crippen LogP contribution in [-0.4, -0.2) is 12.6 Å². The maximum atomic E-state index is 11.4. The van der Waals surface area contributed by atoms with Gasteiger partial charge in [0.05, 0.1) is 6.61 Å². The third-order valence-electron chi connectivity index (χ3n) is 5.56. The van der Waals surface area contributed by atoms with Gasteiger partial charge < -0.3 is 4.74 Å². The van der Waals surface area contributed by atoms with Crippen molar-refractivity contribution in [2.45, 2.75) is 118 Å². The van der Waals surface area contributed by atoms with Gasteiger partial charge in [-0.1, -0.05) is 117 Å². The van der Waals surface area contributed by atoms with E-state index >= 15 is 0 Å². The molecule has 2 atom stereocenters. The van der Waals surface area contributed by atoms with Crippen molar-refractivity contribution in [1.82, 2.24) is 0 Å². The molecule has 0 bridgehead atoms. The lowest BCUT2D eigenvalue weighted by Crippen LogP contribution is -2.18. The Morgan fingerprint density at radius 3 is 1.62 bits per heavy atom. The lowest BCUT2D eigenvalue weighted by molar-refractivity contribution is -0.140. The SMILES string of the molecule is C=C(C)C(=O)OCC(C)C(C)CCCCCCCCCCCCCCC. The van der Waals surface area contributed by atoms with E-state index in [1.165, 1.54) is 89.9 Å². The van der Waals surface area contributed by atoms with Gasteiger partial charge in [0, 0.05) is 5.57 Å². The molecule has 0 aromatic carbocycles. The molecule has 0 aliphatic heterocycles. The number of rotatable bonds is 18. The van der Waals surface area contributed by atoms with Crippen LogP contribution in [0, 0.1) is 11.8 Å². The van der Waals surface area contributed by atoms with E-state index in [1.807, 2.05) is 0 Å². The van der Waals surface area contributed by atoms with Gasteiger partial charge in [-0.2, -0.15) is 0 Å². The Morgan fingerprint density at radius 2 is 1.19 bits per heavy atom. The number of carbonyl (C=O) groups is 1. The summed E-state index contributed by atoms with van der Waals surface area (Å²) < 4.78 is 5.27. The zero-order valence-corrected chi connectivity index (χ0v) is 18.3. The van der Waals surface area contributed by atoms with Crippen LogP contribution < -0.4 is 0 Å². The monoisotopic (exact) mass is 366 g/mol. The van der Waals surface area contributed by atoms with Gasteiger partial charge in [-0.3, -0.25) is 0 Å². The predicted octanol–water partition coefficient (Wildman–Crippen LogP) is 7.86. The van der Waals surface area contributed by atoms with E-state index in [0.717, 1.165) is 0 Å². The van der Waals surface area contributed by atoms with E-state index in [9.17, 15) is 4.79 Å². The van der Waals surface area contributed by atoms with Crippen molar-refractivity contribution in [2.75, 3.05) is 6.61 Å². The Balaban J connectivity index is 3.38. The van der Waals surface area contributed by atoms with E-state index in [-0.39, 0.29) is 5.97 Å². The van der Waals surface area contributed by atoms with Crippen molar-refractivity contribution in [1.29, 1.82) is 0 Å². The lowest BCUT2D eigenvalue weighted by atomic mass is 9.91. The molecular formula is C24H46O2. The molecule has 0 heterocycles. The standard InChI is InChI=1S/C24H46O2/c1-6-7-8-9-10-11-12-13-14-15-16-17-18-19-22(4)23(5)20-26-24(25)21(2)3/h22-23H,2,6-20H2,1,3-5H3. The van der Waals surface area contributed by atoms with E-state index in [2.05, 4.69) is 27.4 Å². The second-order valence-corrected chi connectivity index (χ2v) is 8.36. The first-order valence-corrected chi connectivity index (χ1v) is 11.3. The van der Waals surface area contributed by atoms with Gasteiger partial charge >= 0.3 is 5.97 Å². The molecule has 2 heteroatoms. The molecule has 0 saturated carbocycles. The number of ether oxygens (including phenoxy) is 1. The van der Waals surface area contributed by atoms with Crippen molar-refractivity contribution >= 4 is 5.97 Å². The second kappa shape index (κ2) is 17.6.